The van der Waals surface area contributed by atoms with Crippen molar-refractivity contribution in [1.82, 2.24) is 0 Å². The van der Waals surface area contributed by atoms with Gasteiger partial charge in [0.25, 0.3) is 0 Å². The van der Waals surface area contributed by atoms with Crippen molar-refractivity contribution >= 4 is 23.5 Å². The van der Waals surface area contributed by atoms with E-state index in [1.54, 1.807) is 23.9 Å². The average Bonchev–Trinajstić information content (AvgIpc) is 2.57. The van der Waals surface area contributed by atoms with Gasteiger partial charge in [0.1, 0.15) is 0 Å². The lowest BCUT2D eigenvalue weighted by Crippen LogP contribution is -2.06. The zero-order valence-electron chi connectivity index (χ0n) is 10.6. The van der Waals surface area contributed by atoms with Gasteiger partial charge in [0.15, 0.2) is 5.78 Å². The van der Waals surface area contributed by atoms with Crippen molar-refractivity contribution in [1.29, 1.82) is 0 Å². The van der Waals surface area contributed by atoms with E-state index in [2.05, 4.69) is 0 Å². The molecular formula is C16H12O3S. The highest BCUT2D eigenvalue weighted by Gasteiger charge is 2.21. The highest BCUT2D eigenvalue weighted by atomic mass is 32.2. The Morgan fingerprint density at radius 1 is 1.15 bits per heavy atom. The number of fused-ring (bicyclic) bond motifs is 2. The zero-order chi connectivity index (χ0) is 14.1. The molecule has 0 radical (unpaired) electrons. The summed E-state index contributed by atoms with van der Waals surface area (Å²) in [5, 5.41) is 8.85. The molecule has 20 heavy (non-hydrogen) atoms. The SMILES string of the molecule is O=C(O)Cc1ccc2c(c1)CSc1ccccc1C2=O. The Hall–Kier alpha value is -2.07. The Bertz CT molecular complexity index is 707. The van der Waals surface area contributed by atoms with Crippen LogP contribution < -0.4 is 0 Å². The number of ketones is 1. The topological polar surface area (TPSA) is 54.4 Å². The summed E-state index contributed by atoms with van der Waals surface area (Å²) < 4.78 is 0. The van der Waals surface area contributed by atoms with Gasteiger partial charge in [-0.2, -0.15) is 0 Å². The molecule has 1 N–H and O–H groups in total. The molecule has 0 fully saturated rings. The Balaban J connectivity index is 2.05. The quantitative estimate of drug-likeness (QED) is 0.920. The highest BCUT2D eigenvalue weighted by molar-refractivity contribution is 7.98. The molecule has 0 unspecified atom stereocenters. The Morgan fingerprint density at radius 2 is 1.95 bits per heavy atom. The molecule has 0 aromatic heterocycles. The van der Waals surface area contributed by atoms with E-state index >= 15 is 0 Å². The Labute approximate surface area is 120 Å². The van der Waals surface area contributed by atoms with Crippen LogP contribution in [0, 0.1) is 0 Å². The molecule has 1 aliphatic heterocycles. The summed E-state index contributed by atoms with van der Waals surface area (Å²) in [6, 6.07) is 12.9. The monoisotopic (exact) mass is 284 g/mol. The van der Waals surface area contributed by atoms with Crippen molar-refractivity contribution < 1.29 is 14.7 Å². The van der Waals surface area contributed by atoms with Crippen molar-refractivity contribution in [2.45, 2.75) is 17.1 Å². The van der Waals surface area contributed by atoms with E-state index in [1.807, 2.05) is 30.3 Å². The first-order valence-electron chi connectivity index (χ1n) is 6.25. The molecule has 0 bridgehead atoms. The number of carboxylic acids is 1. The van der Waals surface area contributed by atoms with Gasteiger partial charge in [-0.1, -0.05) is 30.3 Å². The first-order chi connectivity index (χ1) is 9.65. The fourth-order valence-corrected chi connectivity index (χ4v) is 3.39. The van der Waals surface area contributed by atoms with E-state index in [9.17, 15) is 9.59 Å². The van der Waals surface area contributed by atoms with Gasteiger partial charge in [-0.05, 0) is 23.3 Å². The van der Waals surface area contributed by atoms with E-state index in [0.717, 1.165) is 21.6 Å². The van der Waals surface area contributed by atoms with E-state index in [-0.39, 0.29) is 12.2 Å². The third-order valence-electron chi connectivity index (χ3n) is 3.28. The summed E-state index contributed by atoms with van der Waals surface area (Å²) >= 11 is 1.62. The third kappa shape index (κ3) is 2.34. The van der Waals surface area contributed by atoms with E-state index in [0.29, 0.717) is 11.3 Å². The summed E-state index contributed by atoms with van der Waals surface area (Å²) in [6.45, 7) is 0. The number of benzene rings is 2. The Kier molecular flexibility index (Phi) is 3.32. The van der Waals surface area contributed by atoms with Crippen LogP contribution in [0.15, 0.2) is 47.4 Å². The fourth-order valence-electron chi connectivity index (χ4n) is 2.35. The molecule has 100 valence electrons. The number of carboxylic acid groups (broad SMARTS) is 1. The van der Waals surface area contributed by atoms with Crippen LogP contribution >= 0.6 is 11.8 Å². The highest BCUT2D eigenvalue weighted by Crippen LogP contribution is 2.33. The van der Waals surface area contributed by atoms with Crippen LogP contribution in [0.2, 0.25) is 0 Å². The number of hydrogen-bond donors (Lipinski definition) is 1. The summed E-state index contributed by atoms with van der Waals surface area (Å²) in [6.07, 6.45) is -0.0148. The average molecular weight is 284 g/mol. The summed E-state index contributed by atoms with van der Waals surface area (Å²) in [7, 11) is 0. The van der Waals surface area contributed by atoms with Crippen LogP contribution in [0.1, 0.15) is 27.0 Å². The van der Waals surface area contributed by atoms with Crippen LogP contribution in [0.25, 0.3) is 0 Å². The van der Waals surface area contributed by atoms with Crippen molar-refractivity contribution in [2.24, 2.45) is 0 Å². The summed E-state index contributed by atoms with van der Waals surface area (Å²) in [5.74, 6) is -0.158. The molecule has 2 aromatic rings. The lowest BCUT2D eigenvalue weighted by Gasteiger charge is -2.06. The number of thioether (sulfide) groups is 1. The number of carbonyl (C=O) groups is 2. The minimum atomic E-state index is -0.860. The lowest BCUT2D eigenvalue weighted by atomic mass is 9.96. The van der Waals surface area contributed by atoms with Crippen LogP contribution in [0.4, 0.5) is 0 Å². The minimum absolute atomic E-state index is 0.0148. The molecular weight excluding hydrogens is 272 g/mol. The van der Waals surface area contributed by atoms with Gasteiger partial charge in [0.2, 0.25) is 0 Å². The molecule has 0 aliphatic carbocycles. The van der Waals surface area contributed by atoms with Gasteiger partial charge in [-0.15, -0.1) is 11.8 Å². The molecule has 0 spiro atoms. The largest absolute Gasteiger partial charge is 0.481 e. The molecule has 2 aromatic carbocycles. The van der Waals surface area contributed by atoms with Gasteiger partial charge in [-0.25, -0.2) is 0 Å². The second-order valence-electron chi connectivity index (χ2n) is 4.68. The maximum Gasteiger partial charge on any atom is 0.307 e. The number of rotatable bonds is 2. The Morgan fingerprint density at radius 3 is 2.75 bits per heavy atom. The lowest BCUT2D eigenvalue weighted by molar-refractivity contribution is -0.136. The zero-order valence-corrected chi connectivity index (χ0v) is 11.4. The minimum Gasteiger partial charge on any atom is -0.481 e. The standard InChI is InChI=1S/C16H12O3S/c17-15(18)8-10-5-6-12-11(7-10)9-20-14-4-2-1-3-13(14)16(12)19/h1-7H,8-9H2,(H,17,18). The number of aliphatic carboxylic acids is 1. The molecule has 0 atom stereocenters. The second kappa shape index (κ2) is 5.13. The fraction of sp³-hybridized carbons (Fsp3) is 0.125. The molecule has 0 saturated heterocycles. The second-order valence-corrected chi connectivity index (χ2v) is 5.69. The van der Waals surface area contributed by atoms with Crippen LogP contribution in [0.3, 0.4) is 0 Å². The van der Waals surface area contributed by atoms with Crippen molar-refractivity contribution in [2.75, 3.05) is 0 Å². The van der Waals surface area contributed by atoms with Gasteiger partial charge in [-0.3, -0.25) is 9.59 Å². The van der Waals surface area contributed by atoms with Crippen LogP contribution in [-0.2, 0) is 17.0 Å². The predicted octanol–water partition coefficient (Wildman–Crippen LogP) is 3.15. The normalized spacial score (nSPS) is 13.3. The maximum atomic E-state index is 12.5. The smallest absolute Gasteiger partial charge is 0.307 e. The van der Waals surface area contributed by atoms with Crippen molar-refractivity contribution in [3.05, 3.63) is 64.7 Å². The predicted molar refractivity (Wildman–Crippen MR) is 77.2 cm³/mol. The van der Waals surface area contributed by atoms with Crippen LogP contribution in [-0.4, -0.2) is 16.9 Å². The molecule has 3 nitrogen and oxygen atoms in total. The molecule has 4 heteroatoms. The maximum absolute atomic E-state index is 12.5. The molecule has 0 saturated carbocycles. The molecule has 3 rings (SSSR count). The number of carbonyl (C=O) groups excluding carboxylic acids is 1. The van der Waals surface area contributed by atoms with Gasteiger partial charge < -0.3 is 5.11 Å². The first kappa shape index (κ1) is 12.9. The van der Waals surface area contributed by atoms with E-state index < -0.39 is 5.97 Å². The van der Waals surface area contributed by atoms with Gasteiger partial charge in [0.05, 0.1) is 6.42 Å². The van der Waals surface area contributed by atoms with Gasteiger partial charge in [0, 0.05) is 21.8 Å². The molecule has 0 amide bonds. The first-order valence-corrected chi connectivity index (χ1v) is 7.24. The van der Waals surface area contributed by atoms with Gasteiger partial charge >= 0.3 is 5.97 Å². The molecule has 1 heterocycles. The van der Waals surface area contributed by atoms with Crippen molar-refractivity contribution in [3.63, 3.8) is 0 Å². The molecule has 1 aliphatic rings. The summed E-state index contributed by atoms with van der Waals surface area (Å²) in [4.78, 5) is 24.3. The van der Waals surface area contributed by atoms with E-state index in [1.165, 1.54) is 0 Å². The summed E-state index contributed by atoms with van der Waals surface area (Å²) in [5.41, 5.74) is 3.05. The van der Waals surface area contributed by atoms with Crippen LogP contribution in [0.5, 0.6) is 0 Å². The van der Waals surface area contributed by atoms with E-state index in [4.69, 9.17) is 5.11 Å². The van der Waals surface area contributed by atoms with Crippen molar-refractivity contribution in [3.8, 4) is 0 Å². The number of hydrogen-bond acceptors (Lipinski definition) is 3. The third-order valence-corrected chi connectivity index (χ3v) is 4.41.